The van der Waals surface area contributed by atoms with Crippen molar-refractivity contribution in [3.8, 4) is 0 Å². The van der Waals surface area contributed by atoms with Crippen LogP contribution in [0.2, 0.25) is 0 Å². The number of aliphatic hydroxyl groups excluding tert-OH is 1. The van der Waals surface area contributed by atoms with Crippen molar-refractivity contribution in [1.82, 2.24) is 19.5 Å². The number of nitrogens with zero attached hydrogens (tertiary/aromatic N) is 3. The molecule has 100 valence electrons. The minimum atomic E-state index is -1.21. The number of fused-ring (bicyclic) bond motifs is 1. The molecule has 0 saturated heterocycles. The Morgan fingerprint density at radius 3 is 2.84 bits per heavy atom. The van der Waals surface area contributed by atoms with Gasteiger partial charge >= 0.3 is 0 Å². The van der Waals surface area contributed by atoms with Crippen molar-refractivity contribution in [2.24, 2.45) is 0 Å². The number of aliphatic hydroxyl groups is 1. The molecule has 2 aromatic heterocycles. The van der Waals surface area contributed by atoms with Crippen LogP contribution in [-0.2, 0) is 14.3 Å². The third-order valence-corrected chi connectivity index (χ3v) is 2.40. The summed E-state index contributed by atoms with van der Waals surface area (Å²) in [5, 5.41) is 8.86. The maximum Gasteiger partial charge on any atom is 0.278 e. The van der Waals surface area contributed by atoms with Gasteiger partial charge in [-0.15, -0.1) is 0 Å². The summed E-state index contributed by atoms with van der Waals surface area (Å²) in [6.07, 6.45) is 0.793. The summed E-state index contributed by atoms with van der Waals surface area (Å²) >= 11 is 0. The molecule has 0 unspecified atom stereocenters. The first-order valence-corrected chi connectivity index (χ1v) is 5.28. The van der Waals surface area contributed by atoms with Crippen molar-refractivity contribution in [2.75, 3.05) is 6.61 Å². The third kappa shape index (κ3) is 2.41. The minimum absolute atomic E-state index is 0.0459. The Bertz CT molecular complexity index is 649. The summed E-state index contributed by atoms with van der Waals surface area (Å²) in [5.41, 5.74) is -0.268. The van der Waals surface area contributed by atoms with Gasteiger partial charge in [0.2, 0.25) is 0 Å². The van der Waals surface area contributed by atoms with E-state index >= 15 is 0 Å². The highest BCUT2D eigenvalue weighted by Gasteiger charge is 2.20. The highest BCUT2D eigenvalue weighted by molar-refractivity contribution is 5.71. The normalized spacial score (nSPS) is 14.2. The van der Waals surface area contributed by atoms with Gasteiger partial charge in [-0.05, 0) is 0 Å². The molecule has 0 amide bonds. The van der Waals surface area contributed by atoms with E-state index in [-0.39, 0.29) is 11.2 Å². The van der Waals surface area contributed by atoms with Crippen molar-refractivity contribution < 1.29 is 19.4 Å². The average molecular weight is 266 g/mol. The van der Waals surface area contributed by atoms with Gasteiger partial charge in [-0.1, -0.05) is 0 Å². The van der Waals surface area contributed by atoms with Gasteiger partial charge in [-0.2, -0.15) is 0 Å². The van der Waals surface area contributed by atoms with E-state index in [1.54, 1.807) is 0 Å². The number of hydrogen-bond donors (Lipinski definition) is 2. The van der Waals surface area contributed by atoms with Gasteiger partial charge < -0.3 is 19.6 Å². The van der Waals surface area contributed by atoms with Gasteiger partial charge in [0, 0.05) is 0 Å². The molecule has 0 aliphatic heterocycles. The zero-order valence-corrected chi connectivity index (χ0v) is 9.59. The van der Waals surface area contributed by atoms with Crippen LogP contribution >= 0.6 is 0 Å². The molecular formula is C10H10N4O5. The van der Waals surface area contributed by atoms with Crippen LogP contribution in [0.25, 0.3) is 11.2 Å². The van der Waals surface area contributed by atoms with Gasteiger partial charge in [0.25, 0.3) is 5.56 Å². The van der Waals surface area contributed by atoms with Crippen LogP contribution in [0.3, 0.4) is 0 Å². The van der Waals surface area contributed by atoms with Crippen LogP contribution in [0.1, 0.15) is 6.23 Å². The van der Waals surface area contributed by atoms with E-state index in [4.69, 9.17) is 9.84 Å². The van der Waals surface area contributed by atoms with Crippen LogP contribution in [-0.4, -0.2) is 49.9 Å². The molecule has 2 rings (SSSR count). The standard InChI is InChI=1S/C10H10N4O5/c15-1-6(2-16)19-7(3-17)14-5-13-8-9(14)11-4-12-10(8)18/h1,3-7,16H,2H2,(H,11,12,18)/t6-,7+/m0/s1. The fraction of sp³-hybridized carbons (Fsp3) is 0.300. The summed E-state index contributed by atoms with van der Waals surface area (Å²) < 4.78 is 6.27. The van der Waals surface area contributed by atoms with Crippen molar-refractivity contribution in [2.45, 2.75) is 12.3 Å². The lowest BCUT2D eigenvalue weighted by molar-refractivity contribution is -0.139. The molecule has 0 saturated carbocycles. The number of ether oxygens (including phenoxy) is 1. The first-order chi connectivity index (χ1) is 9.21. The smallest absolute Gasteiger partial charge is 0.278 e. The summed E-state index contributed by atoms with van der Waals surface area (Å²) in [5.74, 6) is 0. The molecule has 2 N–H and O–H groups in total. The Morgan fingerprint density at radius 2 is 2.21 bits per heavy atom. The van der Waals surface area contributed by atoms with Crippen molar-refractivity contribution in [1.29, 1.82) is 0 Å². The predicted octanol–water partition coefficient (Wildman–Crippen LogP) is -1.61. The van der Waals surface area contributed by atoms with Gasteiger partial charge in [-0.3, -0.25) is 14.2 Å². The number of imidazole rings is 1. The van der Waals surface area contributed by atoms with Gasteiger partial charge in [-0.25, -0.2) is 9.97 Å². The topological polar surface area (TPSA) is 127 Å². The third-order valence-electron chi connectivity index (χ3n) is 2.40. The lowest BCUT2D eigenvalue weighted by Gasteiger charge is -2.16. The van der Waals surface area contributed by atoms with Crippen molar-refractivity contribution in [3.63, 3.8) is 0 Å². The molecule has 0 aromatic carbocycles. The second-order valence-corrected chi connectivity index (χ2v) is 3.58. The van der Waals surface area contributed by atoms with Crippen LogP contribution in [0.15, 0.2) is 17.4 Å². The quantitative estimate of drug-likeness (QED) is 0.602. The Morgan fingerprint density at radius 1 is 1.42 bits per heavy atom. The van der Waals surface area contributed by atoms with Gasteiger partial charge in [0.1, 0.15) is 6.10 Å². The zero-order chi connectivity index (χ0) is 13.8. The monoisotopic (exact) mass is 266 g/mol. The Balaban J connectivity index is 2.41. The van der Waals surface area contributed by atoms with Crippen molar-refractivity contribution >= 4 is 23.7 Å². The van der Waals surface area contributed by atoms with Gasteiger partial charge in [0.15, 0.2) is 30.0 Å². The molecule has 2 heterocycles. The van der Waals surface area contributed by atoms with Crippen LogP contribution in [0.5, 0.6) is 0 Å². The summed E-state index contributed by atoms with van der Waals surface area (Å²) in [6.45, 7) is -0.561. The van der Waals surface area contributed by atoms with E-state index in [2.05, 4.69) is 15.0 Å². The lowest BCUT2D eigenvalue weighted by Crippen LogP contribution is -2.26. The first-order valence-electron chi connectivity index (χ1n) is 5.28. The molecule has 0 spiro atoms. The summed E-state index contributed by atoms with van der Waals surface area (Å²) in [7, 11) is 0. The molecule has 0 aliphatic rings. The van der Waals surface area contributed by atoms with E-state index in [1.165, 1.54) is 10.9 Å². The maximum atomic E-state index is 11.4. The number of aromatic amines is 1. The lowest BCUT2D eigenvalue weighted by atomic mass is 10.4. The number of nitrogens with one attached hydrogen (secondary N) is 1. The minimum Gasteiger partial charge on any atom is -0.393 e. The zero-order valence-electron chi connectivity index (χ0n) is 9.59. The fourth-order valence-corrected chi connectivity index (χ4v) is 1.51. The van der Waals surface area contributed by atoms with Gasteiger partial charge in [0.05, 0.1) is 19.3 Å². The highest BCUT2D eigenvalue weighted by Crippen LogP contribution is 2.13. The second-order valence-electron chi connectivity index (χ2n) is 3.58. The Hall–Kier alpha value is -2.39. The van der Waals surface area contributed by atoms with E-state index in [0.29, 0.717) is 12.6 Å². The first kappa shape index (κ1) is 13.1. The number of aldehydes is 2. The molecule has 2 aromatic rings. The number of hydrogen-bond acceptors (Lipinski definition) is 7. The van der Waals surface area contributed by atoms with E-state index in [9.17, 15) is 14.4 Å². The SMILES string of the molecule is O=C[C@@H](CO)O[C@H](C=O)n1cnc2c(=O)[nH]cnc21. The van der Waals surface area contributed by atoms with E-state index in [0.717, 1.165) is 6.33 Å². The average Bonchev–Trinajstić information content (AvgIpc) is 2.86. The molecule has 0 fully saturated rings. The summed E-state index contributed by atoms with van der Waals surface area (Å²) in [4.78, 5) is 43.1. The number of H-pyrrole nitrogens is 1. The number of carbonyl (C=O) groups excluding carboxylic acids is 2. The van der Waals surface area contributed by atoms with Crippen LogP contribution in [0.4, 0.5) is 0 Å². The molecule has 0 aliphatic carbocycles. The Labute approximate surface area is 105 Å². The van der Waals surface area contributed by atoms with E-state index in [1.807, 2.05) is 0 Å². The van der Waals surface area contributed by atoms with Crippen LogP contribution in [0, 0.1) is 0 Å². The molecular weight excluding hydrogens is 256 g/mol. The maximum absolute atomic E-state index is 11.4. The fourth-order valence-electron chi connectivity index (χ4n) is 1.51. The number of carbonyl (C=O) groups is 2. The molecule has 0 bridgehead atoms. The molecule has 9 nitrogen and oxygen atoms in total. The summed E-state index contributed by atoms with van der Waals surface area (Å²) in [6, 6.07) is 0. The molecule has 19 heavy (non-hydrogen) atoms. The Kier molecular flexibility index (Phi) is 3.78. The number of aromatic nitrogens is 4. The number of rotatable bonds is 6. The highest BCUT2D eigenvalue weighted by atomic mass is 16.5. The predicted molar refractivity (Wildman–Crippen MR) is 61.3 cm³/mol. The van der Waals surface area contributed by atoms with Crippen LogP contribution < -0.4 is 5.56 Å². The second kappa shape index (κ2) is 5.50. The molecule has 2 atom stereocenters. The largest absolute Gasteiger partial charge is 0.393 e. The molecule has 0 radical (unpaired) electrons. The van der Waals surface area contributed by atoms with Crippen molar-refractivity contribution in [3.05, 3.63) is 23.0 Å². The van der Waals surface area contributed by atoms with E-state index < -0.39 is 24.5 Å². The molecule has 9 heteroatoms.